The van der Waals surface area contributed by atoms with Crippen LogP contribution in [0.4, 0.5) is 5.69 Å². The van der Waals surface area contributed by atoms with E-state index in [-0.39, 0.29) is 5.71 Å². The molecule has 3 amide bonds. The molecule has 0 saturated heterocycles. The maximum Gasteiger partial charge on any atom is 0.294 e. The highest BCUT2D eigenvalue weighted by Gasteiger charge is 2.55. The van der Waals surface area contributed by atoms with Crippen LogP contribution in [0.1, 0.15) is 20.8 Å². The second kappa shape index (κ2) is 10.2. The Morgan fingerprint density at radius 3 is 2.32 bits per heavy atom. The van der Waals surface area contributed by atoms with Gasteiger partial charge in [-0.05, 0) is 26.0 Å². The molecule has 0 bridgehead atoms. The number of carbonyl (C=O) groups excluding carboxylic acids is 3. The van der Waals surface area contributed by atoms with Crippen LogP contribution in [0.5, 0.6) is 0 Å². The second-order valence-corrected chi connectivity index (χ2v) is 6.01. The summed E-state index contributed by atoms with van der Waals surface area (Å²) in [5, 5.41) is 9.27. The number of carbonyl (C=O) groups is 3. The van der Waals surface area contributed by atoms with Gasteiger partial charge in [-0.25, -0.2) is 10.3 Å². The van der Waals surface area contributed by atoms with E-state index in [1.807, 2.05) is 6.07 Å². The van der Waals surface area contributed by atoms with Gasteiger partial charge in [-0.1, -0.05) is 23.4 Å². The molecule has 1 heterocycles. The third-order valence-electron chi connectivity index (χ3n) is 3.55. The summed E-state index contributed by atoms with van der Waals surface area (Å²) < 4.78 is 0. The Hall–Kier alpha value is -3.27. The summed E-state index contributed by atoms with van der Waals surface area (Å²) in [4.78, 5) is 45.2. The number of nitrogens with one attached hydrogen (secondary N) is 1. The van der Waals surface area contributed by atoms with Crippen molar-refractivity contribution in [1.82, 2.24) is 10.4 Å². The number of hydrazone groups is 1. The van der Waals surface area contributed by atoms with E-state index >= 15 is 0 Å². The zero-order valence-corrected chi connectivity index (χ0v) is 16.8. The lowest BCUT2D eigenvalue weighted by Gasteiger charge is -2.26. The van der Waals surface area contributed by atoms with E-state index in [1.165, 1.54) is 23.9 Å². The van der Waals surface area contributed by atoms with E-state index in [1.54, 1.807) is 52.2 Å². The standard InChI is InChI=1S/C15H18N4O4.C3H7NO/c1-10-15(11(2)17-22-4,23-18-12(3)20)14(21)19(16-10)13-8-6-5-7-9-13;1-4(2)3-5/h5-9H,1-4H3,(H,18,20);3H,1-2H3. The Bertz CT molecular complexity index is 763. The first-order valence-electron chi connectivity index (χ1n) is 8.30. The van der Waals surface area contributed by atoms with Crippen LogP contribution in [-0.2, 0) is 24.1 Å². The topological polar surface area (TPSA) is 113 Å². The molecule has 10 nitrogen and oxygen atoms in total. The normalized spacial score (nSPS) is 18.6. The lowest BCUT2D eigenvalue weighted by molar-refractivity contribution is -0.144. The Balaban J connectivity index is 0.000000696. The summed E-state index contributed by atoms with van der Waals surface area (Å²) in [6.07, 6.45) is 0.750. The molecule has 152 valence electrons. The average molecular weight is 391 g/mol. The minimum atomic E-state index is -1.64. The number of hydroxylamine groups is 1. The van der Waals surface area contributed by atoms with Crippen molar-refractivity contribution in [2.45, 2.75) is 26.4 Å². The molecule has 1 aliphatic rings. The van der Waals surface area contributed by atoms with Gasteiger partial charge in [0.1, 0.15) is 12.8 Å². The Labute approximate surface area is 163 Å². The lowest BCUT2D eigenvalue weighted by Crippen LogP contribution is -2.57. The minimum absolute atomic E-state index is 0.221. The summed E-state index contributed by atoms with van der Waals surface area (Å²) in [7, 11) is 4.73. The fourth-order valence-electron chi connectivity index (χ4n) is 2.27. The molecule has 0 aromatic heterocycles. The van der Waals surface area contributed by atoms with Gasteiger partial charge in [-0.3, -0.25) is 14.4 Å². The number of rotatable bonds is 6. The van der Waals surface area contributed by atoms with Gasteiger partial charge in [-0.15, -0.1) is 0 Å². The van der Waals surface area contributed by atoms with E-state index in [0.29, 0.717) is 11.4 Å². The molecule has 0 radical (unpaired) electrons. The zero-order chi connectivity index (χ0) is 21.3. The number of hydrogen-bond acceptors (Lipinski definition) is 7. The summed E-state index contributed by atoms with van der Waals surface area (Å²) in [5.74, 6) is -0.943. The summed E-state index contributed by atoms with van der Waals surface area (Å²) in [6, 6.07) is 8.90. The predicted molar refractivity (Wildman–Crippen MR) is 105 cm³/mol. The lowest BCUT2D eigenvalue weighted by atomic mass is 9.93. The highest BCUT2D eigenvalue weighted by molar-refractivity contribution is 6.35. The molecule has 1 unspecified atom stereocenters. The van der Waals surface area contributed by atoms with Crippen molar-refractivity contribution in [3.63, 3.8) is 0 Å². The second-order valence-electron chi connectivity index (χ2n) is 6.01. The van der Waals surface area contributed by atoms with Crippen LogP contribution in [0.15, 0.2) is 40.6 Å². The molecule has 1 aliphatic heterocycles. The molecule has 0 saturated carbocycles. The molecule has 1 atom stereocenters. The summed E-state index contributed by atoms with van der Waals surface area (Å²) in [6.45, 7) is 4.46. The van der Waals surface area contributed by atoms with Crippen molar-refractivity contribution < 1.29 is 24.1 Å². The first kappa shape index (κ1) is 22.8. The Kier molecular flexibility index (Phi) is 8.27. The third-order valence-corrected chi connectivity index (χ3v) is 3.55. The van der Waals surface area contributed by atoms with E-state index in [2.05, 4.69) is 15.7 Å². The van der Waals surface area contributed by atoms with E-state index in [4.69, 9.17) is 9.68 Å². The molecule has 2 rings (SSSR count). The largest absolute Gasteiger partial charge is 0.399 e. The van der Waals surface area contributed by atoms with Crippen LogP contribution in [-0.4, -0.2) is 61.4 Å². The quantitative estimate of drug-likeness (QED) is 0.441. The molecule has 0 fully saturated rings. The molecule has 1 N–H and O–H groups in total. The minimum Gasteiger partial charge on any atom is -0.399 e. The molecule has 0 aliphatic carbocycles. The van der Waals surface area contributed by atoms with Gasteiger partial charge in [0.15, 0.2) is 0 Å². The van der Waals surface area contributed by atoms with Crippen LogP contribution < -0.4 is 10.5 Å². The van der Waals surface area contributed by atoms with Gasteiger partial charge in [0.25, 0.3) is 11.5 Å². The smallest absolute Gasteiger partial charge is 0.294 e. The van der Waals surface area contributed by atoms with Crippen LogP contribution in [0.25, 0.3) is 0 Å². The van der Waals surface area contributed by atoms with Crippen LogP contribution in [0.2, 0.25) is 0 Å². The fraction of sp³-hybridized carbons (Fsp3) is 0.389. The number of amides is 3. The SMILES string of the molecule is CN(C)C=O.CON=C(C)C1(ONC(C)=O)C(=O)N(c2ccccc2)N=C1C. The molecular weight excluding hydrogens is 366 g/mol. The van der Waals surface area contributed by atoms with Crippen LogP contribution in [0, 0.1) is 0 Å². The first-order chi connectivity index (χ1) is 13.2. The van der Waals surface area contributed by atoms with Crippen molar-refractivity contribution in [2.24, 2.45) is 10.3 Å². The van der Waals surface area contributed by atoms with Crippen molar-refractivity contribution in [3.8, 4) is 0 Å². The van der Waals surface area contributed by atoms with Gasteiger partial charge in [0.2, 0.25) is 12.3 Å². The van der Waals surface area contributed by atoms with Gasteiger partial charge in [0.05, 0.1) is 11.4 Å². The number of para-hydroxylation sites is 1. The van der Waals surface area contributed by atoms with Gasteiger partial charge in [0, 0.05) is 21.0 Å². The van der Waals surface area contributed by atoms with Gasteiger partial charge < -0.3 is 9.74 Å². The maximum absolute atomic E-state index is 13.0. The Morgan fingerprint density at radius 2 is 1.86 bits per heavy atom. The van der Waals surface area contributed by atoms with E-state index in [0.717, 1.165) is 6.41 Å². The molecule has 10 heteroatoms. The van der Waals surface area contributed by atoms with Gasteiger partial charge in [-0.2, -0.15) is 10.1 Å². The average Bonchev–Trinajstić information content (AvgIpc) is 2.92. The predicted octanol–water partition coefficient (Wildman–Crippen LogP) is 0.942. The first-order valence-corrected chi connectivity index (χ1v) is 8.30. The van der Waals surface area contributed by atoms with Crippen LogP contribution >= 0.6 is 0 Å². The number of oxime groups is 1. The number of nitrogens with zero attached hydrogens (tertiary/aromatic N) is 4. The fourth-order valence-corrected chi connectivity index (χ4v) is 2.27. The molecular formula is C18H25N5O5. The van der Waals surface area contributed by atoms with Crippen molar-refractivity contribution in [3.05, 3.63) is 30.3 Å². The van der Waals surface area contributed by atoms with Crippen molar-refractivity contribution in [2.75, 3.05) is 26.2 Å². The number of benzene rings is 1. The monoisotopic (exact) mass is 391 g/mol. The van der Waals surface area contributed by atoms with Crippen molar-refractivity contribution in [1.29, 1.82) is 0 Å². The van der Waals surface area contributed by atoms with Crippen molar-refractivity contribution >= 4 is 35.3 Å². The summed E-state index contributed by atoms with van der Waals surface area (Å²) in [5.41, 5.74) is 1.69. The molecule has 1 aromatic rings. The van der Waals surface area contributed by atoms with E-state index < -0.39 is 17.4 Å². The highest BCUT2D eigenvalue weighted by Crippen LogP contribution is 2.30. The molecule has 28 heavy (non-hydrogen) atoms. The van der Waals surface area contributed by atoms with Gasteiger partial charge >= 0.3 is 0 Å². The maximum atomic E-state index is 13.0. The van der Waals surface area contributed by atoms with E-state index in [9.17, 15) is 14.4 Å². The number of anilines is 1. The summed E-state index contributed by atoms with van der Waals surface area (Å²) >= 11 is 0. The molecule has 0 spiro atoms. The number of hydrogen-bond donors (Lipinski definition) is 1. The molecule has 1 aromatic carbocycles. The highest BCUT2D eigenvalue weighted by atomic mass is 16.7. The zero-order valence-electron chi connectivity index (χ0n) is 16.8. The Morgan fingerprint density at radius 1 is 1.29 bits per heavy atom. The van der Waals surface area contributed by atoms with Crippen LogP contribution in [0.3, 0.4) is 0 Å². The third kappa shape index (κ3) is 5.13.